The lowest BCUT2D eigenvalue weighted by atomic mass is 10.1. The number of anilines is 2. The van der Waals surface area contributed by atoms with Crippen LogP contribution in [-0.2, 0) is 4.79 Å². The van der Waals surface area contributed by atoms with E-state index in [1.807, 2.05) is 6.07 Å². The van der Waals surface area contributed by atoms with E-state index >= 15 is 0 Å². The molecule has 0 bridgehead atoms. The van der Waals surface area contributed by atoms with Crippen molar-refractivity contribution in [2.24, 2.45) is 0 Å². The number of aromatic amines is 1. The van der Waals surface area contributed by atoms with Crippen LogP contribution in [0.25, 0.3) is 17.1 Å². The summed E-state index contributed by atoms with van der Waals surface area (Å²) in [5.41, 5.74) is 1.21. The van der Waals surface area contributed by atoms with Gasteiger partial charge >= 0.3 is 0 Å². The summed E-state index contributed by atoms with van der Waals surface area (Å²) in [4.78, 5) is 24.5. The smallest absolute Gasteiger partial charge is 0.264 e. The number of rotatable bonds is 4. The molecule has 0 aliphatic carbocycles. The molecule has 3 aromatic rings. The van der Waals surface area contributed by atoms with Gasteiger partial charge in [-0.1, -0.05) is 0 Å². The highest BCUT2D eigenvalue weighted by Crippen LogP contribution is 2.24. The van der Waals surface area contributed by atoms with E-state index in [9.17, 15) is 14.4 Å². The largest absolute Gasteiger partial charge is 0.346 e. The maximum atomic E-state index is 14.1. The molecule has 0 aliphatic heterocycles. The highest BCUT2D eigenvalue weighted by atomic mass is 19.1. The fraction of sp³-hybridized carbons (Fsp3) is 0.111. The van der Waals surface area contributed by atoms with Crippen LogP contribution >= 0.6 is 0 Å². The molecule has 7 nitrogen and oxygen atoms in total. The number of aromatic nitrogens is 3. The number of carbonyl (C=O) groups excluding carboxylic acids is 1. The van der Waals surface area contributed by atoms with E-state index in [-0.39, 0.29) is 11.1 Å². The summed E-state index contributed by atoms with van der Waals surface area (Å²) >= 11 is 0. The average molecular weight is 350 g/mol. The molecule has 3 rings (SSSR count). The first kappa shape index (κ1) is 17.1. The lowest BCUT2D eigenvalue weighted by molar-refractivity contribution is -0.124. The summed E-state index contributed by atoms with van der Waals surface area (Å²) in [5, 5.41) is 13.1. The van der Waals surface area contributed by atoms with Gasteiger partial charge in [0.15, 0.2) is 0 Å². The molecule has 0 radical (unpaired) electrons. The lowest BCUT2D eigenvalue weighted by Gasteiger charge is -2.10. The summed E-state index contributed by atoms with van der Waals surface area (Å²) in [6.45, 7) is 0. The SMILES string of the molecule is CN(C)C(=O)C(C#N)=Cc1cc(Nc2ncnc3[nH]ccc23)ccc1F. The number of benzene rings is 1. The Hall–Kier alpha value is -3.73. The number of amides is 1. The molecule has 1 amide bonds. The standard InChI is InChI=1S/C18H15FN6O/c1-25(2)18(26)12(9-20)7-11-8-13(3-4-15(11)19)24-17-14-5-6-21-16(14)22-10-23-17/h3-8,10H,1-2H3,(H2,21,22,23,24). The number of halogens is 1. The highest BCUT2D eigenvalue weighted by Gasteiger charge is 2.13. The van der Waals surface area contributed by atoms with E-state index in [4.69, 9.17) is 0 Å². The van der Waals surface area contributed by atoms with Gasteiger partial charge in [-0.05, 0) is 30.3 Å². The number of fused-ring (bicyclic) bond motifs is 1. The number of likely N-dealkylation sites (N-methyl/N-ethyl adjacent to an activating group) is 1. The van der Waals surface area contributed by atoms with Gasteiger partial charge in [-0.25, -0.2) is 14.4 Å². The molecule has 0 atom stereocenters. The van der Waals surface area contributed by atoms with Gasteiger partial charge in [0.25, 0.3) is 5.91 Å². The van der Waals surface area contributed by atoms with Gasteiger partial charge in [-0.15, -0.1) is 0 Å². The average Bonchev–Trinajstić information content (AvgIpc) is 3.11. The van der Waals surface area contributed by atoms with Gasteiger partial charge in [0.1, 0.15) is 35.3 Å². The van der Waals surface area contributed by atoms with Crippen molar-refractivity contribution < 1.29 is 9.18 Å². The maximum absolute atomic E-state index is 14.1. The van der Waals surface area contributed by atoms with E-state index in [0.717, 1.165) is 5.39 Å². The second kappa shape index (κ2) is 7.03. The molecule has 26 heavy (non-hydrogen) atoms. The van der Waals surface area contributed by atoms with Gasteiger partial charge in [0, 0.05) is 31.5 Å². The first-order valence-corrected chi connectivity index (χ1v) is 7.67. The number of carbonyl (C=O) groups is 1. The van der Waals surface area contributed by atoms with Crippen LogP contribution in [0.3, 0.4) is 0 Å². The van der Waals surface area contributed by atoms with Gasteiger partial charge in [-0.3, -0.25) is 4.79 Å². The van der Waals surface area contributed by atoms with Crippen molar-refractivity contribution in [3.63, 3.8) is 0 Å². The van der Waals surface area contributed by atoms with Gasteiger partial charge < -0.3 is 15.2 Å². The molecule has 1 aromatic carbocycles. The first-order chi connectivity index (χ1) is 12.5. The molecule has 2 N–H and O–H groups in total. The number of hydrogen-bond acceptors (Lipinski definition) is 5. The number of nitrogens with zero attached hydrogens (tertiary/aromatic N) is 4. The molecule has 8 heteroatoms. The predicted molar refractivity (Wildman–Crippen MR) is 95.9 cm³/mol. The third kappa shape index (κ3) is 3.37. The maximum Gasteiger partial charge on any atom is 0.264 e. The van der Waals surface area contributed by atoms with Crippen LogP contribution in [0.2, 0.25) is 0 Å². The fourth-order valence-electron chi connectivity index (χ4n) is 2.38. The van der Waals surface area contributed by atoms with Crippen molar-refractivity contribution in [1.29, 1.82) is 5.26 Å². The summed E-state index contributed by atoms with van der Waals surface area (Å²) in [7, 11) is 3.05. The van der Waals surface area contributed by atoms with Gasteiger partial charge in [0.2, 0.25) is 0 Å². The number of nitriles is 1. The third-order valence-corrected chi connectivity index (χ3v) is 3.67. The zero-order valence-corrected chi connectivity index (χ0v) is 14.1. The molecule has 0 unspecified atom stereocenters. The van der Waals surface area contributed by atoms with Crippen molar-refractivity contribution in [3.05, 3.63) is 53.7 Å². The Morgan fingerprint density at radius 2 is 2.15 bits per heavy atom. The van der Waals surface area contributed by atoms with Crippen LogP contribution < -0.4 is 5.32 Å². The van der Waals surface area contributed by atoms with Crippen molar-refractivity contribution in [2.75, 3.05) is 19.4 Å². The molecule has 0 spiro atoms. The normalized spacial score (nSPS) is 11.2. The Bertz CT molecular complexity index is 1050. The Morgan fingerprint density at radius 3 is 2.88 bits per heavy atom. The van der Waals surface area contributed by atoms with E-state index in [1.165, 1.54) is 43.5 Å². The topological polar surface area (TPSA) is 97.7 Å². The first-order valence-electron chi connectivity index (χ1n) is 7.67. The Labute approximate surface area is 148 Å². The van der Waals surface area contributed by atoms with E-state index < -0.39 is 11.7 Å². The van der Waals surface area contributed by atoms with Crippen molar-refractivity contribution in [3.8, 4) is 6.07 Å². The van der Waals surface area contributed by atoms with Crippen LogP contribution in [0.1, 0.15) is 5.56 Å². The molecular formula is C18H15FN6O. The quantitative estimate of drug-likeness (QED) is 0.557. The zero-order valence-electron chi connectivity index (χ0n) is 14.1. The lowest BCUT2D eigenvalue weighted by Crippen LogP contribution is -2.22. The van der Waals surface area contributed by atoms with Crippen LogP contribution in [0.15, 0.2) is 42.4 Å². The number of hydrogen-bond donors (Lipinski definition) is 2. The monoisotopic (exact) mass is 350 g/mol. The molecular weight excluding hydrogens is 335 g/mol. The van der Waals surface area contributed by atoms with Crippen molar-refractivity contribution >= 4 is 34.5 Å². The van der Waals surface area contributed by atoms with Gasteiger partial charge in [0.05, 0.1) is 5.39 Å². The minimum atomic E-state index is -0.538. The van der Waals surface area contributed by atoms with E-state index in [2.05, 4.69) is 20.3 Å². The molecule has 0 fully saturated rings. The third-order valence-electron chi connectivity index (χ3n) is 3.67. The molecule has 130 valence electrons. The van der Waals surface area contributed by atoms with E-state index in [0.29, 0.717) is 17.2 Å². The Balaban J connectivity index is 1.97. The van der Waals surface area contributed by atoms with Crippen LogP contribution in [0, 0.1) is 17.1 Å². The second-order valence-corrected chi connectivity index (χ2v) is 5.69. The molecule has 0 aliphatic rings. The van der Waals surface area contributed by atoms with E-state index in [1.54, 1.807) is 18.3 Å². The molecule has 2 heterocycles. The van der Waals surface area contributed by atoms with Crippen molar-refractivity contribution in [2.45, 2.75) is 0 Å². The van der Waals surface area contributed by atoms with Crippen LogP contribution in [0.4, 0.5) is 15.9 Å². The number of nitrogens with one attached hydrogen (secondary N) is 2. The summed E-state index contributed by atoms with van der Waals surface area (Å²) in [5.74, 6) is -0.470. The van der Waals surface area contributed by atoms with Crippen molar-refractivity contribution in [1.82, 2.24) is 19.9 Å². The Morgan fingerprint density at radius 1 is 1.35 bits per heavy atom. The summed E-state index contributed by atoms with van der Waals surface area (Å²) < 4.78 is 14.1. The summed E-state index contributed by atoms with van der Waals surface area (Å²) in [6, 6.07) is 7.95. The van der Waals surface area contributed by atoms with Crippen LogP contribution in [0.5, 0.6) is 0 Å². The molecule has 0 saturated carbocycles. The predicted octanol–water partition coefficient (Wildman–Crippen LogP) is 2.84. The zero-order chi connectivity index (χ0) is 18.7. The Kier molecular flexibility index (Phi) is 4.62. The summed E-state index contributed by atoms with van der Waals surface area (Å²) in [6.07, 6.45) is 4.39. The van der Waals surface area contributed by atoms with Crippen LogP contribution in [-0.4, -0.2) is 39.9 Å². The second-order valence-electron chi connectivity index (χ2n) is 5.69. The fourth-order valence-corrected chi connectivity index (χ4v) is 2.38. The number of H-pyrrole nitrogens is 1. The highest BCUT2D eigenvalue weighted by molar-refractivity contribution is 6.01. The minimum Gasteiger partial charge on any atom is -0.346 e. The molecule has 0 saturated heterocycles. The molecule has 2 aromatic heterocycles. The minimum absolute atomic E-state index is 0.126. The van der Waals surface area contributed by atoms with Gasteiger partial charge in [-0.2, -0.15) is 5.26 Å².